The summed E-state index contributed by atoms with van der Waals surface area (Å²) < 4.78 is 4.94. The average molecular weight is 237 g/mol. The molecule has 0 radical (unpaired) electrons. The second kappa shape index (κ2) is 6.74. The van der Waals surface area contributed by atoms with Gasteiger partial charge in [-0.15, -0.1) is 0 Å². The van der Waals surface area contributed by atoms with Gasteiger partial charge in [-0.05, 0) is 25.3 Å². The summed E-state index contributed by atoms with van der Waals surface area (Å²) in [4.78, 5) is 4.19. The summed E-state index contributed by atoms with van der Waals surface area (Å²) in [5.41, 5.74) is 0. The van der Waals surface area contributed by atoms with E-state index in [1.165, 1.54) is 38.5 Å². The number of nitrogens with zero attached hydrogens (tertiary/aromatic N) is 2. The molecule has 0 unspecified atom stereocenters. The van der Waals surface area contributed by atoms with Crippen LogP contribution >= 0.6 is 0 Å². The van der Waals surface area contributed by atoms with Crippen LogP contribution in [-0.4, -0.2) is 23.2 Å². The second-order valence-electron chi connectivity index (χ2n) is 5.04. The first-order valence-electron chi connectivity index (χ1n) is 6.84. The van der Waals surface area contributed by atoms with E-state index in [2.05, 4.69) is 15.5 Å². The molecule has 2 rings (SSSR count). The smallest absolute Gasteiger partial charge is 0.223 e. The quantitative estimate of drug-likeness (QED) is 0.631. The molecule has 17 heavy (non-hydrogen) atoms. The van der Waals surface area contributed by atoms with Gasteiger partial charge in [0.25, 0.3) is 0 Å². The fraction of sp³-hybridized carbons (Fsp3) is 0.846. The maximum absolute atomic E-state index is 4.94. The molecule has 1 N–H and O–H groups in total. The van der Waals surface area contributed by atoms with E-state index < -0.39 is 0 Å². The van der Waals surface area contributed by atoms with Crippen molar-refractivity contribution in [3.05, 3.63) is 11.7 Å². The number of aryl methyl sites for hydroxylation is 1. The first-order valence-corrected chi connectivity index (χ1v) is 6.84. The van der Waals surface area contributed by atoms with Crippen LogP contribution in [0.25, 0.3) is 0 Å². The molecule has 0 amide bonds. The normalized spacial score (nSPS) is 18.2. The van der Waals surface area contributed by atoms with Crippen LogP contribution in [0.2, 0.25) is 0 Å². The van der Waals surface area contributed by atoms with E-state index in [9.17, 15) is 0 Å². The summed E-state index contributed by atoms with van der Waals surface area (Å²) in [6.07, 6.45) is 9.34. The van der Waals surface area contributed by atoms with Crippen molar-refractivity contribution in [1.82, 2.24) is 15.5 Å². The van der Waals surface area contributed by atoms with Gasteiger partial charge in [0, 0.05) is 19.9 Å². The Morgan fingerprint density at radius 3 is 2.65 bits per heavy atom. The number of hydrogen-bond acceptors (Lipinski definition) is 4. The molecule has 4 heteroatoms. The maximum atomic E-state index is 4.94. The van der Waals surface area contributed by atoms with Crippen LogP contribution in [0.5, 0.6) is 0 Å². The molecule has 0 spiro atoms. The first-order chi connectivity index (χ1) is 8.34. The highest BCUT2D eigenvalue weighted by Crippen LogP contribution is 2.21. The maximum Gasteiger partial charge on any atom is 0.223 e. The minimum atomic E-state index is 0.656. The SMILES string of the molecule is Cc1nc(CCNCC2CCCCCC2)no1. The molecule has 1 aromatic heterocycles. The van der Waals surface area contributed by atoms with Crippen LogP contribution in [0.1, 0.15) is 50.2 Å². The van der Waals surface area contributed by atoms with Gasteiger partial charge in [0.1, 0.15) is 0 Å². The predicted octanol–water partition coefficient (Wildman–Crippen LogP) is 2.48. The minimum Gasteiger partial charge on any atom is -0.340 e. The van der Waals surface area contributed by atoms with Crippen molar-refractivity contribution >= 4 is 0 Å². The molecule has 0 aliphatic heterocycles. The third kappa shape index (κ3) is 4.46. The molecule has 0 aromatic carbocycles. The summed E-state index contributed by atoms with van der Waals surface area (Å²) in [6.45, 7) is 3.93. The summed E-state index contributed by atoms with van der Waals surface area (Å²) in [5, 5.41) is 7.41. The first kappa shape index (κ1) is 12.6. The van der Waals surface area contributed by atoms with Crippen molar-refractivity contribution in [2.24, 2.45) is 5.92 Å². The Morgan fingerprint density at radius 1 is 1.24 bits per heavy atom. The number of aromatic nitrogens is 2. The van der Waals surface area contributed by atoms with Crippen molar-refractivity contribution in [3.8, 4) is 0 Å². The Bertz CT molecular complexity index is 316. The zero-order valence-electron chi connectivity index (χ0n) is 10.7. The molecule has 0 saturated heterocycles. The highest BCUT2D eigenvalue weighted by Gasteiger charge is 2.11. The van der Waals surface area contributed by atoms with Gasteiger partial charge in [0.2, 0.25) is 5.89 Å². The minimum absolute atomic E-state index is 0.656. The van der Waals surface area contributed by atoms with E-state index >= 15 is 0 Å². The number of rotatable bonds is 5. The lowest BCUT2D eigenvalue weighted by Crippen LogP contribution is -2.25. The fourth-order valence-corrected chi connectivity index (χ4v) is 2.52. The Morgan fingerprint density at radius 2 is 2.00 bits per heavy atom. The van der Waals surface area contributed by atoms with Gasteiger partial charge in [0.05, 0.1) is 0 Å². The lowest BCUT2D eigenvalue weighted by atomic mass is 10.0. The number of hydrogen-bond donors (Lipinski definition) is 1. The standard InChI is InChI=1S/C13H23N3O/c1-11-15-13(16-17-11)8-9-14-10-12-6-4-2-3-5-7-12/h12,14H,2-10H2,1H3. The van der Waals surface area contributed by atoms with Crippen LogP contribution < -0.4 is 5.32 Å². The molecular formula is C13H23N3O. The van der Waals surface area contributed by atoms with E-state index in [1.54, 1.807) is 0 Å². The van der Waals surface area contributed by atoms with Crippen LogP contribution in [0.15, 0.2) is 4.52 Å². The molecule has 0 atom stereocenters. The largest absolute Gasteiger partial charge is 0.340 e. The molecule has 96 valence electrons. The highest BCUT2D eigenvalue weighted by molar-refractivity contribution is 4.84. The Balaban J connectivity index is 1.59. The molecule has 1 aromatic rings. The van der Waals surface area contributed by atoms with Crippen molar-refractivity contribution in [2.45, 2.75) is 51.9 Å². The van der Waals surface area contributed by atoms with Crippen LogP contribution in [0.3, 0.4) is 0 Å². The van der Waals surface area contributed by atoms with Crippen LogP contribution in [-0.2, 0) is 6.42 Å². The van der Waals surface area contributed by atoms with Crippen molar-refractivity contribution in [3.63, 3.8) is 0 Å². The Labute approximate surface area is 103 Å². The van der Waals surface area contributed by atoms with Gasteiger partial charge < -0.3 is 9.84 Å². The molecule has 1 aliphatic rings. The lowest BCUT2D eigenvalue weighted by molar-refractivity contribution is 0.385. The third-order valence-corrected chi connectivity index (χ3v) is 3.50. The topological polar surface area (TPSA) is 51.0 Å². The Kier molecular flexibility index (Phi) is 4.98. The summed E-state index contributed by atoms with van der Waals surface area (Å²) in [7, 11) is 0. The van der Waals surface area contributed by atoms with E-state index in [-0.39, 0.29) is 0 Å². The van der Waals surface area contributed by atoms with Gasteiger partial charge in [0.15, 0.2) is 5.82 Å². The van der Waals surface area contributed by atoms with Crippen molar-refractivity contribution in [2.75, 3.05) is 13.1 Å². The van der Waals surface area contributed by atoms with Gasteiger partial charge in [-0.2, -0.15) is 4.98 Å². The monoisotopic (exact) mass is 237 g/mol. The molecule has 4 nitrogen and oxygen atoms in total. The van der Waals surface area contributed by atoms with E-state index in [0.29, 0.717) is 5.89 Å². The molecule has 1 aliphatic carbocycles. The number of nitrogens with one attached hydrogen (secondary N) is 1. The summed E-state index contributed by atoms with van der Waals surface area (Å²) in [6, 6.07) is 0. The summed E-state index contributed by atoms with van der Waals surface area (Å²) in [5.74, 6) is 2.35. The van der Waals surface area contributed by atoms with Crippen molar-refractivity contribution in [1.29, 1.82) is 0 Å². The zero-order valence-corrected chi connectivity index (χ0v) is 10.7. The van der Waals surface area contributed by atoms with Gasteiger partial charge in [-0.3, -0.25) is 0 Å². The van der Waals surface area contributed by atoms with E-state index in [4.69, 9.17) is 4.52 Å². The molecule has 1 fully saturated rings. The predicted molar refractivity (Wildman–Crippen MR) is 66.8 cm³/mol. The summed E-state index contributed by atoms with van der Waals surface area (Å²) >= 11 is 0. The zero-order chi connectivity index (χ0) is 11.9. The third-order valence-electron chi connectivity index (χ3n) is 3.50. The molecule has 0 bridgehead atoms. The molecule has 1 heterocycles. The highest BCUT2D eigenvalue weighted by atomic mass is 16.5. The van der Waals surface area contributed by atoms with Crippen LogP contribution in [0.4, 0.5) is 0 Å². The Hall–Kier alpha value is -0.900. The average Bonchev–Trinajstić information content (AvgIpc) is 2.59. The molecule has 1 saturated carbocycles. The van der Waals surface area contributed by atoms with Gasteiger partial charge in [-0.25, -0.2) is 0 Å². The van der Waals surface area contributed by atoms with Gasteiger partial charge in [-0.1, -0.05) is 30.8 Å². The van der Waals surface area contributed by atoms with Crippen molar-refractivity contribution < 1.29 is 4.52 Å². The second-order valence-corrected chi connectivity index (χ2v) is 5.04. The van der Waals surface area contributed by atoms with E-state index in [0.717, 1.165) is 31.3 Å². The lowest BCUT2D eigenvalue weighted by Gasteiger charge is -2.14. The molecular weight excluding hydrogens is 214 g/mol. The van der Waals surface area contributed by atoms with Gasteiger partial charge >= 0.3 is 0 Å². The fourth-order valence-electron chi connectivity index (χ4n) is 2.52. The van der Waals surface area contributed by atoms with E-state index in [1.807, 2.05) is 6.92 Å². The van der Waals surface area contributed by atoms with Crippen LogP contribution in [0, 0.1) is 12.8 Å².